The van der Waals surface area contributed by atoms with Gasteiger partial charge in [0.05, 0.1) is 62.6 Å². The summed E-state index contributed by atoms with van der Waals surface area (Å²) in [7, 11) is -7.92. The molecule has 0 atom stereocenters. The topological polar surface area (TPSA) is 191 Å². The third-order valence-corrected chi connectivity index (χ3v) is 11.5. The van der Waals surface area contributed by atoms with Gasteiger partial charge in [0.2, 0.25) is 20.0 Å². The Morgan fingerprint density at radius 3 is 1.14 bits per heavy atom. The first kappa shape index (κ1) is 51.9. The standard InChI is InChI=1S/C44H48F4N2O13S2/c1-5-60-43(51)29(3)23-31-25-37(45)41(38(46)26-31)62-33-7-11-35(12-8-33)64(53,54)49-15-17-57-19-21-59-22-20-58-18-16-50-65(55,56)36-13-9-34(10-14-36)63-42-39(47)27-32(28-40(42)48)24-30(4)44(52)61-6-2/h7-14,23-28,49-50H,5-6,15-22H2,1-4H3. The first-order chi connectivity index (χ1) is 30.9. The van der Waals surface area contributed by atoms with Crippen LogP contribution in [0, 0.1) is 23.3 Å². The molecular weight excluding hydrogens is 905 g/mol. The molecule has 2 N–H and O–H groups in total. The largest absolute Gasteiger partial charge is 0.463 e. The summed E-state index contributed by atoms with van der Waals surface area (Å²) in [6.45, 7) is 6.93. The van der Waals surface area contributed by atoms with Crippen LogP contribution in [0.2, 0.25) is 0 Å². The van der Waals surface area contributed by atoms with Gasteiger partial charge in [-0.3, -0.25) is 0 Å². The molecule has 0 aromatic heterocycles. The van der Waals surface area contributed by atoms with Gasteiger partial charge in [0, 0.05) is 24.2 Å². The molecular formula is C44H48F4N2O13S2. The van der Waals surface area contributed by atoms with Gasteiger partial charge < -0.3 is 33.2 Å². The average molecular weight is 953 g/mol. The quantitative estimate of drug-likeness (QED) is 0.0282. The molecule has 65 heavy (non-hydrogen) atoms. The Bertz CT molecular complexity index is 2320. The molecule has 0 radical (unpaired) electrons. The summed E-state index contributed by atoms with van der Waals surface area (Å²) in [5, 5.41) is 0. The van der Waals surface area contributed by atoms with Gasteiger partial charge >= 0.3 is 11.9 Å². The molecule has 0 aliphatic rings. The van der Waals surface area contributed by atoms with Crippen LogP contribution in [0.1, 0.15) is 38.8 Å². The van der Waals surface area contributed by atoms with Crippen LogP contribution in [0.15, 0.2) is 93.7 Å². The van der Waals surface area contributed by atoms with E-state index in [9.17, 15) is 44.0 Å². The van der Waals surface area contributed by atoms with Gasteiger partial charge in [-0.1, -0.05) is 0 Å². The average Bonchev–Trinajstić information content (AvgIpc) is 3.25. The maximum Gasteiger partial charge on any atom is 0.333 e. The zero-order valence-electron chi connectivity index (χ0n) is 35.8. The Hall–Kier alpha value is -5.68. The molecule has 21 heteroatoms. The first-order valence-corrected chi connectivity index (χ1v) is 22.9. The smallest absolute Gasteiger partial charge is 0.333 e. The number of sulfonamides is 2. The van der Waals surface area contributed by atoms with Crippen molar-refractivity contribution in [1.29, 1.82) is 0 Å². The van der Waals surface area contributed by atoms with Crippen molar-refractivity contribution >= 4 is 44.1 Å². The minimum Gasteiger partial charge on any atom is -0.463 e. The van der Waals surface area contributed by atoms with Crippen LogP contribution in [0.4, 0.5) is 17.6 Å². The second-order valence-corrected chi connectivity index (χ2v) is 17.0. The lowest BCUT2D eigenvalue weighted by Crippen LogP contribution is -2.28. The molecule has 0 aliphatic heterocycles. The number of carbonyl (C=O) groups is 2. The molecule has 0 aliphatic carbocycles. The van der Waals surface area contributed by atoms with Crippen molar-refractivity contribution in [2.75, 3.05) is 65.9 Å². The monoisotopic (exact) mass is 952 g/mol. The summed E-state index contributed by atoms with van der Waals surface area (Å²) in [6, 6.07) is 13.7. The van der Waals surface area contributed by atoms with Gasteiger partial charge in [0.1, 0.15) is 11.5 Å². The van der Waals surface area contributed by atoms with Crippen molar-refractivity contribution in [1.82, 2.24) is 9.44 Å². The highest BCUT2D eigenvalue weighted by atomic mass is 32.2. The fourth-order valence-electron chi connectivity index (χ4n) is 5.44. The maximum absolute atomic E-state index is 14.7. The molecule has 0 spiro atoms. The molecule has 0 fully saturated rings. The number of nitrogens with one attached hydrogen (secondary N) is 2. The van der Waals surface area contributed by atoms with Crippen molar-refractivity contribution in [3.63, 3.8) is 0 Å². The SMILES string of the molecule is CCOC(=O)C(C)=Cc1cc(F)c(Oc2ccc(S(=O)(=O)NCCOCCOCCOCCNS(=O)(=O)c3ccc(Oc4c(F)cc(C=C(C)C(=O)OCC)cc4F)cc3)cc2)c(F)c1. The first-order valence-electron chi connectivity index (χ1n) is 19.9. The molecule has 0 amide bonds. The highest BCUT2D eigenvalue weighted by Gasteiger charge is 2.19. The maximum atomic E-state index is 14.7. The lowest BCUT2D eigenvalue weighted by Gasteiger charge is -2.11. The van der Waals surface area contributed by atoms with Crippen molar-refractivity contribution in [2.24, 2.45) is 0 Å². The number of ether oxygens (including phenoxy) is 7. The molecule has 0 bridgehead atoms. The van der Waals surface area contributed by atoms with E-state index in [0.717, 1.165) is 24.3 Å². The fourth-order valence-corrected chi connectivity index (χ4v) is 7.47. The van der Waals surface area contributed by atoms with E-state index in [1.54, 1.807) is 13.8 Å². The van der Waals surface area contributed by atoms with Crippen LogP contribution in [0.25, 0.3) is 12.2 Å². The summed E-state index contributed by atoms with van der Waals surface area (Å²) in [6.07, 6.45) is 2.54. The summed E-state index contributed by atoms with van der Waals surface area (Å²) in [4.78, 5) is 23.3. The Morgan fingerprint density at radius 2 is 0.831 bits per heavy atom. The van der Waals surface area contributed by atoms with E-state index in [2.05, 4.69) is 9.44 Å². The van der Waals surface area contributed by atoms with E-state index in [0.29, 0.717) is 0 Å². The van der Waals surface area contributed by atoms with Gasteiger partial charge in [-0.2, -0.15) is 0 Å². The number of benzene rings is 4. The van der Waals surface area contributed by atoms with Crippen LogP contribution >= 0.6 is 0 Å². The van der Waals surface area contributed by atoms with E-state index in [-0.39, 0.29) is 110 Å². The van der Waals surface area contributed by atoms with E-state index >= 15 is 0 Å². The van der Waals surface area contributed by atoms with E-state index in [1.165, 1.54) is 74.5 Å². The van der Waals surface area contributed by atoms with Crippen molar-refractivity contribution in [3.05, 3.63) is 118 Å². The molecule has 352 valence electrons. The minimum atomic E-state index is -3.96. The van der Waals surface area contributed by atoms with Gasteiger partial charge in [0.15, 0.2) is 34.8 Å². The summed E-state index contributed by atoms with van der Waals surface area (Å²) >= 11 is 0. The Kier molecular flexibility index (Phi) is 20.1. The molecule has 4 rings (SSSR count). The van der Waals surface area contributed by atoms with Gasteiger partial charge in [-0.25, -0.2) is 53.4 Å². The second kappa shape index (κ2) is 25.1. The second-order valence-electron chi connectivity index (χ2n) is 13.5. The number of halogens is 4. The van der Waals surface area contributed by atoms with Crippen molar-refractivity contribution in [2.45, 2.75) is 37.5 Å². The van der Waals surface area contributed by atoms with E-state index < -0.39 is 66.8 Å². The highest BCUT2D eigenvalue weighted by molar-refractivity contribution is 7.89. The molecule has 4 aromatic rings. The predicted octanol–water partition coefficient (Wildman–Crippen LogP) is 7.07. The molecule has 0 heterocycles. The van der Waals surface area contributed by atoms with E-state index in [1.807, 2.05) is 0 Å². The van der Waals surface area contributed by atoms with E-state index in [4.69, 9.17) is 33.2 Å². The van der Waals surface area contributed by atoms with Crippen LogP contribution in [-0.2, 0) is 53.3 Å². The molecule has 15 nitrogen and oxygen atoms in total. The zero-order valence-corrected chi connectivity index (χ0v) is 37.4. The lowest BCUT2D eigenvalue weighted by molar-refractivity contribution is -0.139. The van der Waals surface area contributed by atoms with Crippen molar-refractivity contribution in [3.8, 4) is 23.0 Å². The fraction of sp³-hybridized carbons (Fsp3) is 0.318. The van der Waals surface area contributed by atoms with Gasteiger partial charge in [0.25, 0.3) is 0 Å². The molecule has 0 unspecified atom stereocenters. The normalized spacial score (nSPS) is 12.2. The predicted molar refractivity (Wildman–Crippen MR) is 229 cm³/mol. The zero-order chi connectivity index (χ0) is 47.6. The van der Waals surface area contributed by atoms with Crippen LogP contribution in [-0.4, -0.2) is 94.7 Å². The van der Waals surface area contributed by atoms with Gasteiger partial charge in [-0.15, -0.1) is 0 Å². The lowest BCUT2D eigenvalue weighted by atomic mass is 10.1. The molecule has 0 saturated carbocycles. The Labute approximate surface area is 374 Å². The van der Waals surface area contributed by atoms with Gasteiger partial charge in [-0.05, 0) is 124 Å². The summed E-state index contributed by atoms with van der Waals surface area (Å²) in [5.74, 6) is -6.89. The Morgan fingerprint density at radius 1 is 0.523 bits per heavy atom. The number of rotatable bonds is 26. The summed E-state index contributed by atoms with van der Waals surface area (Å²) in [5.41, 5.74) is 0.440. The van der Waals surface area contributed by atoms with Crippen LogP contribution in [0.3, 0.4) is 0 Å². The number of hydrogen-bond donors (Lipinski definition) is 2. The molecule has 0 saturated heterocycles. The highest BCUT2D eigenvalue weighted by Crippen LogP contribution is 2.32. The third kappa shape index (κ3) is 16.4. The number of esters is 2. The molecule has 4 aromatic carbocycles. The third-order valence-electron chi connectivity index (χ3n) is 8.53. The Balaban J connectivity index is 1.08. The number of hydrogen-bond acceptors (Lipinski definition) is 13. The van der Waals surface area contributed by atoms with Crippen molar-refractivity contribution < 1.29 is 77.1 Å². The van der Waals surface area contributed by atoms with Crippen LogP contribution < -0.4 is 18.9 Å². The summed E-state index contributed by atoms with van der Waals surface area (Å²) < 4.78 is 151. The number of carbonyl (C=O) groups excluding carboxylic acids is 2. The van der Waals surface area contributed by atoms with Crippen LogP contribution in [0.5, 0.6) is 23.0 Å². The minimum absolute atomic E-state index is 0.0167.